The number of halogens is 2. The Morgan fingerprint density at radius 2 is 1.88 bits per heavy atom. The fraction of sp³-hybridized carbons (Fsp3) is 0.385. The first-order valence-corrected chi connectivity index (χ1v) is 6.79. The predicted molar refractivity (Wildman–Crippen MR) is 54.7 cm³/mol. The van der Waals surface area contributed by atoms with Crippen molar-refractivity contribution in [1.82, 2.24) is 0 Å². The molecule has 2 aliphatic rings. The molecule has 16 heavy (non-hydrogen) atoms. The van der Waals surface area contributed by atoms with Crippen LogP contribution >= 0.6 is 0 Å². The maximum absolute atomic E-state index is 2.31. The Balaban J connectivity index is 0.000000640. The summed E-state index contributed by atoms with van der Waals surface area (Å²) in [7, 11) is 0. The Labute approximate surface area is 125 Å². The van der Waals surface area contributed by atoms with Crippen LogP contribution in [0.5, 0.6) is 0 Å². The maximum atomic E-state index is 2.31. The fourth-order valence-corrected chi connectivity index (χ4v) is 3.92. The molecule has 0 spiro atoms. The summed E-state index contributed by atoms with van der Waals surface area (Å²) >= 11 is 1.71. The van der Waals surface area contributed by atoms with Crippen LogP contribution in [0, 0.1) is 0 Å². The molecule has 3 rings (SSSR count). The molecule has 0 N–H and O–H groups in total. The van der Waals surface area contributed by atoms with E-state index < -0.39 is 0 Å². The minimum atomic E-state index is 0. The van der Waals surface area contributed by atoms with Crippen molar-refractivity contribution in [2.75, 3.05) is 0 Å². The molecule has 1 atom stereocenters. The van der Waals surface area contributed by atoms with Crippen molar-refractivity contribution in [3.8, 4) is 0 Å². The van der Waals surface area contributed by atoms with Crippen molar-refractivity contribution < 1.29 is 49.5 Å². The Morgan fingerprint density at radius 3 is 2.69 bits per heavy atom. The summed E-state index contributed by atoms with van der Waals surface area (Å²) in [5.41, 5.74) is 6.62. The predicted octanol–water partition coefficient (Wildman–Crippen LogP) is -2.48. The molecule has 0 nitrogen and oxygen atoms in total. The zero-order valence-electron chi connectivity index (χ0n) is 8.97. The van der Waals surface area contributed by atoms with E-state index in [0.717, 1.165) is 3.63 Å². The van der Waals surface area contributed by atoms with Gasteiger partial charge in [-0.25, -0.2) is 0 Å². The third-order valence-corrected chi connectivity index (χ3v) is 5.02. The summed E-state index contributed by atoms with van der Waals surface area (Å²) in [4.78, 5) is 0. The van der Waals surface area contributed by atoms with Crippen LogP contribution in [0.4, 0.5) is 0 Å². The molecule has 3 heteroatoms. The first-order valence-electron chi connectivity index (χ1n) is 5.37. The number of rotatable bonds is 0. The Hall–Kier alpha value is 0.423. The summed E-state index contributed by atoms with van der Waals surface area (Å²) in [6.07, 6.45) is 5.42. The average molecular weight is 331 g/mol. The molecule has 0 radical (unpaired) electrons. The molecular weight excluding hydrogens is 318 g/mol. The van der Waals surface area contributed by atoms with E-state index in [4.69, 9.17) is 0 Å². The van der Waals surface area contributed by atoms with Crippen LogP contribution in [-0.2, 0) is 31.1 Å². The van der Waals surface area contributed by atoms with E-state index in [1.54, 1.807) is 47.0 Å². The van der Waals surface area contributed by atoms with Gasteiger partial charge in [-0.05, 0) is 0 Å². The summed E-state index contributed by atoms with van der Waals surface area (Å²) in [5, 5.41) is 0. The Bertz CT molecular complexity index is 412. The van der Waals surface area contributed by atoms with E-state index in [1.807, 2.05) is 0 Å². The third-order valence-electron chi connectivity index (χ3n) is 3.45. The summed E-state index contributed by atoms with van der Waals surface area (Å²) in [6, 6.07) is 8.97. The fourth-order valence-electron chi connectivity index (χ4n) is 2.74. The average Bonchev–Trinajstić information content (AvgIpc) is 2.59. The molecular formula is C13H13Cl2Zr. The van der Waals surface area contributed by atoms with Gasteiger partial charge >= 0.3 is 101 Å². The van der Waals surface area contributed by atoms with E-state index in [9.17, 15) is 0 Å². The monoisotopic (exact) mass is 329 g/mol. The molecule has 0 heterocycles. The van der Waals surface area contributed by atoms with Crippen LogP contribution in [0.2, 0.25) is 3.63 Å². The molecule has 0 aromatic heterocycles. The van der Waals surface area contributed by atoms with E-state index >= 15 is 0 Å². The molecule has 0 amide bonds. The second-order valence-corrected chi connectivity index (χ2v) is 6.00. The molecule has 0 saturated carbocycles. The number of fused-ring (bicyclic) bond motifs is 2. The van der Waals surface area contributed by atoms with E-state index in [1.165, 1.54) is 25.7 Å². The molecule has 0 aliphatic heterocycles. The number of hydrogen-bond acceptors (Lipinski definition) is 0. The minimum absolute atomic E-state index is 0. The van der Waals surface area contributed by atoms with Gasteiger partial charge in [0, 0.05) is 0 Å². The molecule has 2 aliphatic carbocycles. The van der Waals surface area contributed by atoms with Crippen LogP contribution < -0.4 is 24.8 Å². The van der Waals surface area contributed by atoms with Gasteiger partial charge in [0.25, 0.3) is 0 Å². The Morgan fingerprint density at radius 1 is 1.12 bits per heavy atom. The topological polar surface area (TPSA) is 0 Å². The van der Waals surface area contributed by atoms with Gasteiger partial charge in [0.15, 0.2) is 0 Å². The van der Waals surface area contributed by atoms with Gasteiger partial charge in [-0.15, -0.1) is 0 Å². The molecule has 0 saturated heterocycles. The third kappa shape index (κ3) is 2.33. The van der Waals surface area contributed by atoms with Gasteiger partial charge < -0.3 is 24.8 Å². The zero-order chi connectivity index (χ0) is 9.54. The second kappa shape index (κ2) is 5.85. The number of benzene rings is 1. The molecule has 0 bridgehead atoms. The normalized spacial score (nSPS) is 21.8. The van der Waals surface area contributed by atoms with Gasteiger partial charge in [-0.2, -0.15) is 0 Å². The van der Waals surface area contributed by atoms with Gasteiger partial charge in [-0.3, -0.25) is 0 Å². The van der Waals surface area contributed by atoms with Crippen molar-refractivity contribution in [2.24, 2.45) is 0 Å². The van der Waals surface area contributed by atoms with Crippen LogP contribution in [0.15, 0.2) is 29.8 Å². The van der Waals surface area contributed by atoms with Crippen LogP contribution in [0.25, 0.3) is 5.57 Å². The van der Waals surface area contributed by atoms with Crippen molar-refractivity contribution >= 4 is 5.57 Å². The van der Waals surface area contributed by atoms with E-state index in [2.05, 4.69) is 24.3 Å². The van der Waals surface area contributed by atoms with E-state index in [-0.39, 0.29) is 24.8 Å². The summed E-state index contributed by atoms with van der Waals surface area (Å²) in [6.45, 7) is 0. The number of hydrogen-bond donors (Lipinski definition) is 0. The van der Waals surface area contributed by atoms with Gasteiger partial charge in [-0.1, -0.05) is 0 Å². The molecule has 1 aromatic rings. The number of allylic oxidation sites excluding steroid dienone is 2. The van der Waals surface area contributed by atoms with Crippen molar-refractivity contribution in [2.45, 2.75) is 29.3 Å². The standard InChI is InChI=1S/C13H13.2ClH.Zr/c1-3-7-12-10(5-1)9-11-6-2-4-8-13(11)12;;;/h1,3,5-7H,2,4,8-9H2;2*1H;/q;;;+2/p-2. The van der Waals surface area contributed by atoms with Gasteiger partial charge in [0.1, 0.15) is 0 Å². The first kappa shape index (κ1) is 14.5. The quantitative estimate of drug-likeness (QED) is 0.494. The summed E-state index contributed by atoms with van der Waals surface area (Å²) in [5.74, 6) is 0. The van der Waals surface area contributed by atoms with E-state index in [0.29, 0.717) is 0 Å². The second-order valence-electron chi connectivity index (χ2n) is 4.28. The first-order chi connectivity index (χ1) is 6.86. The SMILES string of the molecule is [Cl-].[Cl-].[Zr+2][CH]1CCCC2=C1Cc1ccccc12. The van der Waals surface area contributed by atoms with Crippen LogP contribution in [-0.4, -0.2) is 0 Å². The van der Waals surface area contributed by atoms with Crippen molar-refractivity contribution in [1.29, 1.82) is 0 Å². The Kier molecular flexibility index (Phi) is 5.29. The zero-order valence-corrected chi connectivity index (χ0v) is 12.9. The van der Waals surface area contributed by atoms with Crippen molar-refractivity contribution in [3.63, 3.8) is 0 Å². The van der Waals surface area contributed by atoms with Crippen LogP contribution in [0.1, 0.15) is 30.4 Å². The molecule has 0 fully saturated rings. The molecule has 1 aromatic carbocycles. The van der Waals surface area contributed by atoms with Gasteiger partial charge in [0.2, 0.25) is 0 Å². The molecule has 1 unspecified atom stereocenters. The van der Waals surface area contributed by atoms with Crippen molar-refractivity contribution in [3.05, 3.63) is 41.0 Å². The van der Waals surface area contributed by atoms with Gasteiger partial charge in [0.05, 0.1) is 0 Å². The summed E-state index contributed by atoms with van der Waals surface area (Å²) < 4.78 is 0.915. The van der Waals surface area contributed by atoms with Crippen LogP contribution in [0.3, 0.4) is 0 Å². The molecule has 83 valence electrons.